The van der Waals surface area contributed by atoms with Gasteiger partial charge in [0, 0.05) is 12.7 Å². The summed E-state index contributed by atoms with van der Waals surface area (Å²) < 4.78 is 4.07. The lowest BCUT2D eigenvalue weighted by atomic mass is 10.1. The van der Waals surface area contributed by atoms with E-state index in [1.165, 1.54) is 0 Å². The molecule has 5 nitrogen and oxygen atoms in total. The smallest absolute Gasteiger partial charge is 0.215 e. The average Bonchev–Trinajstić information content (AvgIpc) is 3.01. The SMILES string of the molecule is CCn1ncc(Br)c1C(=O)c1cnn2ccccc12. The number of pyridine rings is 1. The van der Waals surface area contributed by atoms with Crippen molar-refractivity contribution in [1.82, 2.24) is 19.4 Å². The molecule has 3 aromatic rings. The molecule has 3 aromatic heterocycles. The molecule has 0 saturated heterocycles. The van der Waals surface area contributed by atoms with Crippen LogP contribution < -0.4 is 0 Å². The summed E-state index contributed by atoms with van der Waals surface area (Å²) in [5, 5.41) is 8.35. The van der Waals surface area contributed by atoms with Crippen LogP contribution in [0.4, 0.5) is 0 Å². The van der Waals surface area contributed by atoms with Gasteiger partial charge in [-0.3, -0.25) is 9.48 Å². The first-order valence-electron chi connectivity index (χ1n) is 5.90. The molecule has 0 bridgehead atoms. The van der Waals surface area contributed by atoms with E-state index in [0.29, 0.717) is 22.3 Å². The van der Waals surface area contributed by atoms with Crippen LogP contribution in [0.25, 0.3) is 5.52 Å². The summed E-state index contributed by atoms with van der Waals surface area (Å²) in [6.07, 6.45) is 5.05. The molecule has 0 aromatic carbocycles. The van der Waals surface area contributed by atoms with Crippen LogP contribution in [0.2, 0.25) is 0 Å². The van der Waals surface area contributed by atoms with Crippen LogP contribution in [0, 0.1) is 0 Å². The van der Waals surface area contributed by atoms with E-state index in [-0.39, 0.29) is 5.78 Å². The second-order valence-corrected chi connectivity index (χ2v) is 4.93. The molecule has 0 amide bonds. The Labute approximate surface area is 118 Å². The van der Waals surface area contributed by atoms with Crippen LogP contribution in [0.1, 0.15) is 23.0 Å². The van der Waals surface area contributed by atoms with Crippen molar-refractivity contribution >= 4 is 27.2 Å². The van der Waals surface area contributed by atoms with Crippen LogP contribution in [0.15, 0.2) is 41.3 Å². The molecule has 0 saturated carbocycles. The van der Waals surface area contributed by atoms with Gasteiger partial charge in [0.05, 0.1) is 27.9 Å². The number of carbonyl (C=O) groups excluding carboxylic acids is 1. The summed E-state index contributed by atoms with van der Waals surface area (Å²) in [4.78, 5) is 12.6. The van der Waals surface area contributed by atoms with E-state index in [2.05, 4.69) is 26.1 Å². The standard InChI is InChI=1S/C13H11BrN4O/c1-2-17-12(10(14)8-16-17)13(19)9-7-15-18-6-4-3-5-11(9)18/h3-8H,2H2,1H3. The minimum Gasteiger partial charge on any atom is -0.287 e. The number of nitrogens with zero attached hydrogens (tertiary/aromatic N) is 4. The molecule has 0 atom stereocenters. The summed E-state index contributed by atoms with van der Waals surface area (Å²) in [7, 11) is 0. The van der Waals surface area contributed by atoms with Gasteiger partial charge in [0.25, 0.3) is 0 Å². The summed E-state index contributed by atoms with van der Waals surface area (Å²) in [5.74, 6) is -0.0765. The maximum atomic E-state index is 12.6. The molecule has 19 heavy (non-hydrogen) atoms. The summed E-state index contributed by atoms with van der Waals surface area (Å²) >= 11 is 3.38. The van der Waals surface area contributed by atoms with Crippen molar-refractivity contribution in [2.75, 3.05) is 0 Å². The van der Waals surface area contributed by atoms with Crippen molar-refractivity contribution in [3.8, 4) is 0 Å². The molecule has 6 heteroatoms. The van der Waals surface area contributed by atoms with Crippen LogP contribution in [0.5, 0.6) is 0 Å². The lowest BCUT2D eigenvalue weighted by Gasteiger charge is -2.03. The Balaban J connectivity index is 2.16. The number of halogens is 1. The normalized spacial score (nSPS) is 11.1. The molecule has 0 aliphatic heterocycles. The number of hydrogen-bond acceptors (Lipinski definition) is 3. The average molecular weight is 319 g/mol. The number of ketones is 1. The Bertz CT molecular complexity index is 759. The van der Waals surface area contributed by atoms with Crippen molar-refractivity contribution in [2.24, 2.45) is 0 Å². The molecule has 3 rings (SSSR count). The number of carbonyl (C=O) groups is 1. The first kappa shape index (κ1) is 12.1. The largest absolute Gasteiger partial charge is 0.287 e. The minimum atomic E-state index is -0.0765. The molecular weight excluding hydrogens is 308 g/mol. The van der Waals surface area contributed by atoms with Crippen LogP contribution in [-0.4, -0.2) is 25.2 Å². The van der Waals surface area contributed by atoms with Crippen molar-refractivity contribution in [1.29, 1.82) is 0 Å². The van der Waals surface area contributed by atoms with Crippen LogP contribution in [0.3, 0.4) is 0 Å². The van der Waals surface area contributed by atoms with Gasteiger partial charge in [-0.15, -0.1) is 0 Å². The Morgan fingerprint density at radius 2 is 2.16 bits per heavy atom. The first-order valence-corrected chi connectivity index (χ1v) is 6.70. The van der Waals surface area contributed by atoms with Crippen LogP contribution >= 0.6 is 15.9 Å². The van der Waals surface area contributed by atoms with Gasteiger partial charge in [-0.2, -0.15) is 10.2 Å². The molecule has 0 fully saturated rings. The van der Waals surface area contributed by atoms with Gasteiger partial charge in [-0.05, 0) is 35.0 Å². The zero-order valence-electron chi connectivity index (χ0n) is 10.2. The number of aryl methyl sites for hydroxylation is 1. The zero-order chi connectivity index (χ0) is 13.4. The fraction of sp³-hybridized carbons (Fsp3) is 0.154. The Hall–Kier alpha value is -1.95. The summed E-state index contributed by atoms with van der Waals surface area (Å²) in [5.41, 5.74) is 1.93. The maximum Gasteiger partial charge on any atom is 0.215 e. The highest BCUT2D eigenvalue weighted by Crippen LogP contribution is 2.22. The van der Waals surface area contributed by atoms with Gasteiger partial charge in [-0.1, -0.05) is 6.07 Å². The quantitative estimate of drug-likeness (QED) is 0.697. The predicted molar refractivity (Wildman–Crippen MR) is 74.2 cm³/mol. The molecule has 3 heterocycles. The van der Waals surface area contributed by atoms with Gasteiger partial charge < -0.3 is 0 Å². The Morgan fingerprint density at radius 1 is 1.32 bits per heavy atom. The van der Waals surface area contributed by atoms with E-state index in [4.69, 9.17) is 0 Å². The van der Waals surface area contributed by atoms with E-state index < -0.39 is 0 Å². The van der Waals surface area contributed by atoms with Gasteiger partial charge in [0.15, 0.2) is 0 Å². The Kier molecular flexibility index (Phi) is 2.94. The highest BCUT2D eigenvalue weighted by molar-refractivity contribution is 9.10. The minimum absolute atomic E-state index is 0.0765. The van der Waals surface area contributed by atoms with E-state index in [1.54, 1.807) is 21.6 Å². The molecule has 0 spiro atoms. The maximum absolute atomic E-state index is 12.6. The fourth-order valence-electron chi connectivity index (χ4n) is 2.07. The van der Waals surface area contributed by atoms with Crippen molar-refractivity contribution in [3.05, 3.63) is 52.5 Å². The van der Waals surface area contributed by atoms with Gasteiger partial charge in [-0.25, -0.2) is 4.52 Å². The third kappa shape index (κ3) is 1.88. The molecule has 0 aliphatic carbocycles. The van der Waals surface area contributed by atoms with E-state index in [1.807, 2.05) is 31.3 Å². The molecule has 0 N–H and O–H groups in total. The predicted octanol–water partition coefficient (Wildman–Crippen LogP) is 2.54. The number of rotatable bonds is 3. The number of hydrogen-bond donors (Lipinski definition) is 0. The van der Waals surface area contributed by atoms with E-state index >= 15 is 0 Å². The van der Waals surface area contributed by atoms with Crippen LogP contribution in [-0.2, 0) is 6.54 Å². The monoisotopic (exact) mass is 318 g/mol. The first-order chi connectivity index (χ1) is 9.22. The highest BCUT2D eigenvalue weighted by Gasteiger charge is 2.21. The van der Waals surface area contributed by atoms with E-state index in [9.17, 15) is 4.79 Å². The number of aromatic nitrogens is 4. The van der Waals surface area contributed by atoms with Gasteiger partial charge in [0.2, 0.25) is 5.78 Å². The summed E-state index contributed by atoms with van der Waals surface area (Å²) in [6, 6.07) is 5.64. The van der Waals surface area contributed by atoms with Crippen molar-refractivity contribution < 1.29 is 4.79 Å². The molecule has 96 valence electrons. The number of fused-ring (bicyclic) bond motifs is 1. The molecule has 0 unspecified atom stereocenters. The van der Waals surface area contributed by atoms with E-state index in [0.717, 1.165) is 5.52 Å². The third-order valence-electron chi connectivity index (χ3n) is 2.98. The Morgan fingerprint density at radius 3 is 2.95 bits per heavy atom. The summed E-state index contributed by atoms with van der Waals surface area (Å²) in [6.45, 7) is 2.60. The molecule has 0 aliphatic rings. The van der Waals surface area contributed by atoms with Gasteiger partial charge in [0.1, 0.15) is 5.69 Å². The lowest BCUT2D eigenvalue weighted by molar-refractivity contribution is 0.103. The topological polar surface area (TPSA) is 52.2 Å². The molecular formula is C13H11BrN4O. The second kappa shape index (κ2) is 4.62. The van der Waals surface area contributed by atoms with Gasteiger partial charge >= 0.3 is 0 Å². The third-order valence-corrected chi connectivity index (χ3v) is 3.56. The van der Waals surface area contributed by atoms with Crippen molar-refractivity contribution in [3.63, 3.8) is 0 Å². The van der Waals surface area contributed by atoms with Crippen molar-refractivity contribution in [2.45, 2.75) is 13.5 Å². The zero-order valence-corrected chi connectivity index (χ0v) is 11.8. The second-order valence-electron chi connectivity index (χ2n) is 4.07. The molecule has 0 radical (unpaired) electrons. The fourth-order valence-corrected chi connectivity index (χ4v) is 2.54. The highest BCUT2D eigenvalue weighted by atomic mass is 79.9. The lowest BCUT2D eigenvalue weighted by Crippen LogP contribution is -2.11.